The monoisotopic (exact) mass is 243 g/mol. The Kier molecular flexibility index (Phi) is 3.40. The molecule has 5 heteroatoms. The van der Waals surface area contributed by atoms with Crippen molar-refractivity contribution in [2.24, 2.45) is 0 Å². The summed E-state index contributed by atoms with van der Waals surface area (Å²) in [7, 11) is 1.76. The second kappa shape index (κ2) is 4.63. The summed E-state index contributed by atoms with van der Waals surface area (Å²) in [6.45, 7) is 1.88. The van der Waals surface area contributed by atoms with Gasteiger partial charge >= 0.3 is 0 Å². The van der Waals surface area contributed by atoms with E-state index in [9.17, 15) is 0 Å². The maximum absolute atomic E-state index is 6.05. The standard InChI is InChI=1S/C11H18ClN3O/c1-7-10(12)11(13)15(14-7)8-4-3-5-9(6-8)16-2/h8-9H,3-6,13H2,1-2H3. The van der Waals surface area contributed by atoms with Crippen LogP contribution in [0, 0.1) is 6.92 Å². The Morgan fingerprint density at radius 2 is 2.25 bits per heavy atom. The molecule has 0 radical (unpaired) electrons. The molecule has 0 amide bonds. The zero-order chi connectivity index (χ0) is 11.7. The number of nitrogen functional groups attached to an aromatic ring is 1. The van der Waals surface area contributed by atoms with E-state index in [1.54, 1.807) is 7.11 Å². The first-order valence-corrected chi connectivity index (χ1v) is 6.04. The van der Waals surface area contributed by atoms with Crippen LogP contribution in [0.2, 0.25) is 5.02 Å². The molecule has 0 aliphatic heterocycles. The van der Waals surface area contributed by atoms with Crippen molar-refractivity contribution in [3.05, 3.63) is 10.7 Å². The van der Waals surface area contributed by atoms with Crippen LogP contribution in [-0.2, 0) is 4.74 Å². The summed E-state index contributed by atoms with van der Waals surface area (Å²) in [6.07, 6.45) is 4.67. The van der Waals surface area contributed by atoms with Gasteiger partial charge in [-0.25, -0.2) is 4.68 Å². The number of nitrogens with zero attached hydrogens (tertiary/aromatic N) is 2. The van der Waals surface area contributed by atoms with Crippen molar-refractivity contribution in [3.8, 4) is 0 Å². The van der Waals surface area contributed by atoms with Crippen LogP contribution in [-0.4, -0.2) is 23.0 Å². The second-order valence-corrected chi connectivity index (χ2v) is 4.79. The topological polar surface area (TPSA) is 53.1 Å². The molecule has 0 spiro atoms. The highest BCUT2D eigenvalue weighted by atomic mass is 35.5. The van der Waals surface area contributed by atoms with Gasteiger partial charge in [-0.15, -0.1) is 0 Å². The quantitative estimate of drug-likeness (QED) is 0.869. The van der Waals surface area contributed by atoms with E-state index in [2.05, 4.69) is 5.10 Å². The molecule has 1 aliphatic carbocycles. The minimum atomic E-state index is 0.321. The SMILES string of the molecule is COC1CCCC(n2nc(C)c(Cl)c2N)C1. The Bertz CT molecular complexity index is 378. The predicted octanol–water partition coefficient (Wildman–Crippen LogP) is 2.56. The number of hydrogen-bond donors (Lipinski definition) is 1. The highest BCUT2D eigenvalue weighted by molar-refractivity contribution is 6.33. The van der Waals surface area contributed by atoms with Crippen LogP contribution < -0.4 is 5.73 Å². The maximum atomic E-state index is 6.05. The average molecular weight is 244 g/mol. The number of halogens is 1. The van der Waals surface area contributed by atoms with Gasteiger partial charge in [0.15, 0.2) is 0 Å². The van der Waals surface area contributed by atoms with E-state index in [4.69, 9.17) is 22.1 Å². The number of aromatic nitrogens is 2. The van der Waals surface area contributed by atoms with E-state index in [1.807, 2.05) is 11.6 Å². The minimum absolute atomic E-state index is 0.321. The summed E-state index contributed by atoms with van der Waals surface area (Å²) in [6, 6.07) is 0.324. The Morgan fingerprint density at radius 3 is 2.81 bits per heavy atom. The first kappa shape index (κ1) is 11.7. The molecule has 2 atom stereocenters. The molecule has 1 saturated carbocycles. The molecule has 2 N–H and O–H groups in total. The lowest BCUT2D eigenvalue weighted by Gasteiger charge is -2.28. The van der Waals surface area contributed by atoms with Crippen LogP contribution in [0.25, 0.3) is 0 Å². The largest absolute Gasteiger partial charge is 0.383 e. The molecule has 0 saturated heterocycles. The van der Waals surface area contributed by atoms with Gasteiger partial charge in [-0.2, -0.15) is 5.10 Å². The van der Waals surface area contributed by atoms with Gasteiger partial charge in [0.1, 0.15) is 10.8 Å². The van der Waals surface area contributed by atoms with Gasteiger partial charge in [0.2, 0.25) is 0 Å². The summed E-state index contributed by atoms with van der Waals surface area (Å²) in [5.74, 6) is 0.584. The molecule has 4 nitrogen and oxygen atoms in total. The maximum Gasteiger partial charge on any atom is 0.141 e. The summed E-state index contributed by atoms with van der Waals surface area (Å²) < 4.78 is 7.27. The fourth-order valence-electron chi connectivity index (χ4n) is 2.38. The third-order valence-electron chi connectivity index (χ3n) is 3.32. The van der Waals surface area contributed by atoms with Gasteiger partial charge in [-0.3, -0.25) is 0 Å². The van der Waals surface area contributed by atoms with Crippen molar-refractivity contribution >= 4 is 17.4 Å². The number of rotatable bonds is 2. The van der Waals surface area contributed by atoms with E-state index in [0.717, 1.165) is 31.4 Å². The van der Waals surface area contributed by atoms with Crippen molar-refractivity contribution in [2.75, 3.05) is 12.8 Å². The molecule has 1 aromatic rings. The van der Waals surface area contributed by atoms with Gasteiger partial charge in [-0.05, 0) is 32.6 Å². The molecule has 2 unspecified atom stereocenters. The smallest absolute Gasteiger partial charge is 0.141 e. The van der Waals surface area contributed by atoms with Gasteiger partial charge in [-0.1, -0.05) is 11.6 Å². The van der Waals surface area contributed by atoms with Crippen LogP contribution in [0.1, 0.15) is 37.4 Å². The zero-order valence-electron chi connectivity index (χ0n) is 9.74. The van der Waals surface area contributed by atoms with E-state index in [0.29, 0.717) is 23.0 Å². The van der Waals surface area contributed by atoms with Crippen LogP contribution in [0.3, 0.4) is 0 Å². The lowest BCUT2D eigenvalue weighted by atomic mass is 9.93. The number of hydrogen-bond acceptors (Lipinski definition) is 3. The van der Waals surface area contributed by atoms with Gasteiger partial charge in [0.25, 0.3) is 0 Å². The first-order chi connectivity index (χ1) is 7.63. The molecule has 0 aromatic carbocycles. The number of anilines is 1. The normalized spacial score (nSPS) is 25.9. The summed E-state index contributed by atoms with van der Waals surface area (Å²) >= 11 is 6.05. The van der Waals surface area contributed by atoms with Crippen LogP contribution in [0.4, 0.5) is 5.82 Å². The minimum Gasteiger partial charge on any atom is -0.383 e. The van der Waals surface area contributed by atoms with Crippen molar-refractivity contribution in [2.45, 2.75) is 44.8 Å². The van der Waals surface area contributed by atoms with Gasteiger partial charge in [0, 0.05) is 7.11 Å². The third kappa shape index (κ3) is 2.04. The Morgan fingerprint density at radius 1 is 1.50 bits per heavy atom. The summed E-state index contributed by atoms with van der Waals surface area (Å²) in [4.78, 5) is 0. The second-order valence-electron chi connectivity index (χ2n) is 4.41. The van der Waals surface area contributed by atoms with Crippen LogP contribution in [0.5, 0.6) is 0 Å². The average Bonchev–Trinajstić information content (AvgIpc) is 2.57. The Hall–Kier alpha value is -0.740. The first-order valence-electron chi connectivity index (χ1n) is 5.66. The molecule has 0 bridgehead atoms. The molecular weight excluding hydrogens is 226 g/mol. The summed E-state index contributed by atoms with van der Waals surface area (Å²) in [5, 5.41) is 4.99. The molecule has 1 aromatic heterocycles. The molecule has 90 valence electrons. The summed E-state index contributed by atoms with van der Waals surface area (Å²) in [5.41, 5.74) is 6.75. The molecule has 16 heavy (non-hydrogen) atoms. The fourth-order valence-corrected chi connectivity index (χ4v) is 2.50. The number of nitrogens with two attached hydrogens (primary N) is 1. The lowest BCUT2D eigenvalue weighted by Crippen LogP contribution is -2.25. The van der Waals surface area contributed by atoms with Crippen molar-refractivity contribution < 1.29 is 4.74 Å². The number of methoxy groups -OCH3 is 1. The van der Waals surface area contributed by atoms with E-state index >= 15 is 0 Å². The molecule has 1 aliphatic rings. The Balaban J connectivity index is 2.20. The number of aryl methyl sites for hydroxylation is 1. The fraction of sp³-hybridized carbons (Fsp3) is 0.727. The van der Waals surface area contributed by atoms with E-state index in [-0.39, 0.29) is 0 Å². The van der Waals surface area contributed by atoms with Crippen molar-refractivity contribution in [1.82, 2.24) is 9.78 Å². The highest BCUT2D eigenvalue weighted by Crippen LogP contribution is 2.34. The third-order valence-corrected chi connectivity index (χ3v) is 3.79. The molecule has 2 rings (SSSR count). The molecule has 1 fully saturated rings. The van der Waals surface area contributed by atoms with Crippen molar-refractivity contribution in [3.63, 3.8) is 0 Å². The predicted molar refractivity (Wildman–Crippen MR) is 64.7 cm³/mol. The van der Waals surface area contributed by atoms with Crippen LogP contribution in [0.15, 0.2) is 0 Å². The van der Waals surface area contributed by atoms with E-state index in [1.165, 1.54) is 0 Å². The lowest BCUT2D eigenvalue weighted by molar-refractivity contribution is 0.0512. The Labute approximate surface area is 101 Å². The molecular formula is C11H18ClN3O. The zero-order valence-corrected chi connectivity index (χ0v) is 10.5. The molecule has 1 heterocycles. The van der Waals surface area contributed by atoms with Gasteiger partial charge in [0.05, 0.1) is 17.8 Å². The number of ether oxygens (including phenoxy) is 1. The van der Waals surface area contributed by atoms with Gasteiger partial charge < -0.3 is 10.5 Å². The van der Waals surface area contributed by atoms with E-state index < -0.39 is 0 Å². The van der Waals surface area contributed by atoms with Crippen molar-refractivity contribution in [1.29, 1.82) is 0 Å². The highest BCUT2D eigenvalue weighted by Gasteiger charge is 2.26. The van der Waals surface area contributed by atoms with Crippen LogP contribution >= 0.6 is 11.6 Å².